The van der Waals surface area contributed by atoms with Gasteiger partial charge in [-0.05, 0) is 12.1 Å². The van der Waals surface area contributed by atoms with E-state index in [1.54, 1.807) is 0 Å². The fourth-order valence-corrected chi connectivity index (χ4v) is 0.872. The Balaban J connectivity index is 2.92. The van der Waals surface area contributed by atoms with E-state index in [1.807, 2.05) is 0 Å². The van der Waals surface area contributed by atoms with Gasteiger partial charge in [-0.3, -0.25) is 0 Å². The van der Waals surface area contributed by atoms with Gasteiger partial charge in [0.2, 0.25) is 0 Å². The molecule has 1 N–H and O–H groups in total. The summed E-state index contributed by atoms with van der Waals surface area (Å²) in [6.07, 6.45) is -4.11. The zero-order valence-electron chi connectivity index (χ0n) is 7.12. The van der Waals surface area contributed by atoms with Crippen LogP contribution >= 0.6 is 0 Å². The molecule has 0 aliphatic carbocycles. The van der Waals surface area contributed by atoms with Gasteiger partial charge in [0, 0.05) is 11.6 Å². The molecule has 7 heteroatoms. The zero-order chi connectivity index (χ0) is 11.5. The summed E-state index contributed by atoms with van der Waals surface area (Å²) in [7, 11) is 0. The Labute approximate surface area is 81.6 Å². The number of nitrogens with zero attached hydrogens (tertiary/aromatic N) is 1. The molecule has 0 fully saturated rings. The highest BCUT2D eigenvalue weighted by Gasteiger charge is 2.31. The predicted octanol–water partition coefficient (Wildman–Crippen LogP) is 2.53. The minimum atomic E-state index is -4.86. The Kier molecular flexibility index (Phi) is 3.13. The molecular formula is C8H5F4NO2. The number of rotatable bonds is 2. The van der Waals surface area contributed by atoms with Crippen molar-refractivity contribution in [1.29, 1.82) is 0 Å². The van der Waals surface area contributed by atoms with Crippen LogP contribution < -0.4 is 4.74 Å². The summed E-state index contributed by atoms with van der Waals surface area (Å²) >= 11 is 0. The summed E-state index contributed by atoms with van der Waals surface area (Å²) in [5.41, 5.74) is -0.146. The third-order valence-electron chi connectivity index (χ3n) is 1.40. The van der Waals surface area contributed by atoms with Gasteiger partial charge in [-0.25, -0.2) is 4.39 Å². The lowest BCUT2D eigenvalue weighted by Gasteiger charge is -2.08. The molecule has 0 aliphatic heterocycles. The van der Waals surface area contributed by atoms with Crippen LogP contribution in [0.3, 0.4) is 0 Å². The quantitative estimate of drug-likeness (QED) is 0.362. The van der Waals surface area contributed by atoms with E-state index in [0.717, 1.165) is 18.3 Å². The highest BCUT2D eigenvalue weighted by molar-refractivity contribution is 5.79. The van der Waals surface area contributed by atoms with Crippen molar-refractivity contribution in [3.63, 3.8) is 0 Å². The van der Waals surface area contributed by atoms with Crippen LogP contribution in [0.2, 0.25) is 0 Å². The minimum absolute atomic E-state index is 0.146. The number of ether oxygens (including phenoxy) is 1. The number of alkyl halides is 3. The van der Waals surface area contributed by atoms with E-state index >= 15 is 0 Å². The van der Waals surface area contributed by atoms with Gasteiger partial charge in [-0.15, -0.1) is 13.2 Å². The summed E-state index contributed by atoms with van der Waals surface area (Å²) in [4.78, 5) is 0. The van der Waals surface area contributed by atoms with Gasteiger partial charge in [0.1, 0.15) is 11.6 Å². The average Bonchev–Trinajstić information content (AvgIpc) is 2.07. The summed E-state index contributed by atoms with van der Waals surface area (Å²) in [5.74, 6) is -1.65. The molecule has 0 aliphatic rings. The van der Waals surface area contributed by atoms with Crippen molar-refractivity contribution in [2.45, 2.75) is 6.36 Å². The van der Waals surface area contributed by atoms with Gasteiger partial charge in [0.05, 0.1) is 6.21 Å². The molecule has 0 spiro atoms. The van der Waals surface area contributed by atoms with E-state index in [4.69, 9.17) is 5.21 Å². The maximum absolute atomic E-state index is 13.0. The van der Waals surface area contributed by atoms with Crippen LogP contribution in [0.4, 0.5) is 17.6 Å². The summed E-state index contributed by atoms with van der Waals surface area (Å²) < 4.78 is 51.6. The Morgan fingerprint density at radius 2 is 2.00 bits per heavy atom. The van der Waals surface area contributed by atoms with Gasteiger partial charge in [-0.2, -0.15) is 0 Å². The average molecular weight is 223 g/mol. The first-order valence-electron chi connectivity index (χ1n) is 3.65. The largest absolute Gasteiger partial charge is 0.573 e. The van der Waals surface area contributed by atoms with E-state index in [2.05, 4.69) is 9.89 Å². The zero-order valence-corrected chi connectivity index (χ0v) is 7.12. The normalized spacial score (nSPS) is 12.0. The molecule has 0 saturated heterocycles. The number of hydrogen-bond donors (Lipinski definition) is 1. The summed E-state index contributed by atoms with van der Waals surface area (Å²) in [6.45, 7) is 0. The standard InChI is InChI=1S/C8H5F4NO2/c9-7-3-6(15-8(10,11)12)2-1-5(7)4-13-14/h1-4,14H/b13-4+. The van der Waals surface area contributed by atoms with Crippen LogP contribution in [-0.2, 0) is 0 Å². The Bertz CT molecular complexity index is 375. The second-order valence-corrected chi connectivity index (χ2v) is 2.48. The van der Waals surface area contributed by atoms with Gasteiger partial charge < -0.3 is 9.94 Å². The lowest BCUT2D eigenvalue weighted by molar-refractivity contribution is -0.274. The minimum Gasteiger partial charge on any atom is -0.411 e. The number of oxime groups is 1. The second-order valence-electron chi connectivity index (χ2n) is 2.48. The van der Waals surface area contributed by atoms with Gasteiger partial charge in [0.15, 0.2) is 0 Å². The second kappa shape index (κ2) is 4.16. The summed E-state index contributed by atoms with van der Waals surface area (Å²) in [5, 5.41) is 10.6. The van der Waals surface area contributed by atoms with Crippen molar-refractivity contribution >= 4 is 6.21 Å². The van der Waals surface area contributed by atoms with Crippen LogP contribution in [0.5, 0.6) is 5.75 Å². The van der Waals surface area contributed by atoms with Crippen molar-refractivity contribution < 1.29 is 27.5 Å². The Morgan fingerprint density at radius 1 is 1.33 bits per heavy atom. The summed E-state index contributed by atoms with van der Waals surface area (Å²) in [6, 6.07) is 2.45. The smallest absolute Gasteiger partial charge is 0.411 e. The molecule has 1 aromatic rings. The fraction of sp³-hybridized carbons (Fsp3) is 0.125. The molecule has 0 amide bonds. The third kappa shape index (κ3) is 3.45. The van der Waals surface area contributed by atoms with E-state index in [9.17, 15) is 17.6 Å². The maximum Gasteiger partial charge on any atom is 0.573 e. The molecule has 0 atom stereocenters. The van der Waals surface area contributed by atoms with Crippen LogP contribution in [0.1, 0.15) is 5.56 Å². The molecule has 0 aromatic heterocycles. The molecule has 3 nitrogen and oxygen atoms in total. The van der Waals surface area contributed by atoms with E-state index in [1.165, 1.54) is 0 Å². The molecule has 1 rings (SSSR count). The highest BCUT2D eigenvalue weighted by Crippen LogP contribution is 2.23. The van der Waals surface area contributed by atoms with Crippen molar-refractivity contribution in [1.82, 2.24) is 0 Å². The monoisotopic (exact) mass is 223 g/mol. The van der Waals surface area contributed by atoms with E-state index in [-0.39, 0.29) is 5.56 Å². The SMILES string of the molecule is O/N=C/c1ccc(OC(F)(F)F)cc1F. The van der Waals surface area contributed by atoms with E-state index in [0.29, 0.717) is 6.07 Å². The first-order valence-corrected chi connectivity index (χ1v) is 3.65. The molecule has 0 bridgehead atoms. The van der Waals surface area contributed by atoms with Crippen LogP contribution in [-0.4, -0.2) is 17.8 Å². The van der Waals surface area contributed by atoms with Crippen molar-refractivity contribution in [3.8, 4) is 5.75 Å². The van der Waals surface area contributed by atoms with Crippen molar-refractivity contribution in [2.75, 3.05) is 0 Å². The molecule has 1 aromatic carbocycles. The van der Waals surface area contributed by atoms with Crippen molar-refractivity contribution in [2.24, 2.45) is 5.16 Å². The molecule has 82 valence electrons. The molecule has 0 saturated carbocycles. The van der Waals surface area contributed by atoms with Crippen LogP contribution in [0.25, 0.3) is 0 Å². The Hall–Kier alpha value is -1.79. The maximum atomic E-state index is 13.0. The molecule has 15 heavy (non-hydrogen) atoms. The number of hydrogen-bond acceptors (Lipinski definition) is 3. The molecular weight excluding hydrogens is 218 g/mol. The Morgan fingerprint density at radius 3 is 2.47 bits per heavy atom. The first kappa shape index (κ1) is 11.3. The van der Waals surface area contributed by atoms with Gasteiger partial charge in [0.25, 0.3) is 0 Å². The number of benzene rings is 1. The van der Waals surface area contributed by atoms with Crippen molar-refractivity contribution in [3.05, 3.63) is 29.6 Å². The lowest BCUT2D eigenvalue weighted by Crippen LogP contribution is -2.17. The van der Waals surface area contributed by atoms with Crippen LogP contribution in [0, 0.1) is 5.82 Å². The lowest BCUT2D eigenvalue weighted by atomic mass is 10.2. The number of halogens is 4. The van der Waals surface area contributed by atoms with E-state index < -0.39 is 17.9 Å². The first-order chi connectivity index (χ1) is 6.92. The van der Waals surface area contributed by atoms with Gasteiger partial charge in [-0.1, -0.05) is 5.16 Å². The van der Waals surface area contributed by atoms with Crippen LogP contribution in [0.15, 0.2) is 23.4 Å². The van der Waals surface area contributed by atoms with Gasteiger partial charge >= 0.3 is 6.36 Å². The molecule has 0 radical (unpaired) electrons. The highest BCUT2D eigenvalue weighted by atomic mass is 19.4. The fourth-order valence-electron chi connectivity index (χ4n) is 0.872. The predicted molar refractivity (Wildman–Crippen MR) is 42.5 cm³/mol. The topological polar surface area (TPSA) is 41.8 Å². The third-order valence-corrected chi connectivity index (χ3v) is 1.40. The molecule has 0 heterocycles. The molecule has 0 unspecified atom stereocenters.